The Bertz CT molecular complexity index is 2320. The van der Waals surface area contributed by atoms with Gasteiger partial charge in [0, 0.05) is 33.0 Å². The predicted molar refractivity (Wildman–Crippen MR) is 208 cm³/mol. The van der Waals surface area contributed by atoms with Gasteiger partial charge < -0.3 is 29.6 Å². The van der Waals surface area contributed by atoms with E-state index in [1.807, 2.05) is 24.3 Å². The van der Waals surface area contributed by atoms with Crippen LogP contribution in [0.1, 0.15) is 32.1 Å². The molecular weight excluding hydrogens is 729 g/mol. The molecule has 54 heavy (non-hydrogen) atoms. The first-order valence-electron chi connectivity index (χ1n) is 16.6. The molecule has 11 nitrogen and oxygen atoms in total. The van der Waals surface area contributed by atoms with Crippen LogP contribution >= 0.6 is 23.2 Å². The lowest BCUT2D eigenvalue weighted by Crippen LogP contribution is -2.16. The molecule has 0 unspecified atom stereocenters. The van der Waals surface area contributed by atoms with Crippen LogP contribution in [0.4, 0.5) is 11.4 Å². The number of rotatable bonds is 12. The van der Waals surface area contributed by atoms with E-state index in [1.54, 1.807) is 93.2 Å². The van der Waals surface area contributed by atoms with E-state index in [1.165, 1.54) is 12.1 Å². The van der Waals surface area contributed by atoms with Gasteiger partial charge in [-0.05, 0) is 103 Å². The third-order valence-electron chi connectivity index (χ3n) is 8.34. The highest BCUT2D eigenvalue weighted by Gasteiger charge is 2.19. The molecule has 0 saturated carbocycles. The fraction of sp³-hybridized carbons (Fsp3) is 0.0976. The van der Waals surface area contributed by atoms with Crippen molar-refractivity contribution in [1.82, 2.24) is 15.0 Å². The molecule has 0 radical (unpaired) electrons. The van der Waals surface area contributed by atoms with Crippen LogP contribution in [0, 0.1) is 0 Å². The molecule has 0 aliphatic carbocycles. The van der Waals surface area contributed by atoms with Crippen molar-refractivity contribution < 1.29 is 28.5 Å². The number of hydrogen-bond acceptors (Lipinski definition) is 9. The number of methoxy groups -OCH3 is 2. The van der Waals surface area contributed by atoms with Gasteiger partial charge in [-0.15, -0.1) is 0 Å². The minimum absolute atomic E-state index is 0.0808. The first-order chi connectivity index (χ1) is 26.3. The van der Waals surface area contributed by atoms with E-state index in [4.69, 9.17) is 52.1 Å². The van der Waals surface area contributed by atoms with Crippen molar-refractivity contribution in [2.75, 3.05) is 24.9 Å². The molecule has 7 rings (SSSR count). The van der Waals surface area contributed by atoms with Crippen molar-refractivity contribution in [3.63, 3.8) is 0 Å². The summed E-state index contributed by atoms with van der Waals surface area (Å²) in [6.07, 6.45) is 1.71. The van der Waals surface area contributed by atoms with Gasteiger partial charge in [-0.25, -0.2) is 9.97 Å². The minimum Gasteiger partial charge on any atom is -0.497 e. The van der Waals surface area contributed by atoms with E-state index in [0.717, 1.165) is 10.9 Å². The maximum absolute atomic E-state index is 13.5. The number of anilines is 2. The predicted octanol–water partition coefficient (Wildman–Crippen LogP) is 9.16. The molecule has 13 heteroatoms. The molecule has 0 aliphatic rings. The number of ether oxygens (including phenoxy) is 4. The number of aromatic nitrogens is 3. The number of halogens is 2. The van der Waals surface area contributed by atoms with E-state index in [2.05, 4.69) is 15.6 Å². The van der Waals surface area contributed by atoms with E-state index in [0.29, 0.717) is 55.3 Å². The molecule has 2 heterocycles. The van der Waals surface area contributed by atoms with Crippen molar-refractivity contribution in [3.05, 3.63) is 148 Å². The fourth-order valence-corrected chi connectivity index (χ4v) is 5.92. The standard InChI is InChI=1S/C41H31Cl2N5O6/c1-51-29-11-7-27(8-12-29)45-40(49)31-19-25(42)5-15-38(31)53-22-36-37(48-35-21-33-24(4-3-17-44-33)18-34(35)47-36)23-54-39-16-6-26(43)20-32(39)41(50)46-28-9-13-30(52-2)14-10-28/h3-21H,22-23H2,1-2H3,(H,45,49)(H,46,50). The van der Waals surface area contributed by atoms with Gasteiger partial charge in [-0.2, -0.15) is 0 Å². The number of amides is 2. The van der Waals surface area contributed by atoms with E-state index >= 15 is 0 Å². The molecule has 0 saturated heterocycles. The van der Waals surface area contributed by atoms with Crippen LogP contribution < -0.4 is 29.6 Å². The summed E-state index contributed by atoms with van der Waals surface area (Å²) in [4.78, 5) is 41.2. The number of nitrogens with one attached hydrogen (secondary N) is 2. The lowest BCUT2D eigenvalue weighted by Gasteiger charge is -2.16. The number of fused-ring (bicyclic) bond motifs is 2. The molecule has 0 atom stereocenters. The first-order valence-corrected chi connectivity index (χ1v) is 17.3. The molecule has 2 N–H and O–H groups in total. The normalized spacial score (nSPS) is 10.9. The van der Waals surface area contributed by atoms with Crippen LogP contribution in [0.2, 0.25) is 10.0 Å². The molecule has 5 aromatic carbocycles. The Kier molecular flexibility index (Phi) is 10.7. The van der Waals surface area contributed by atoms with Crippen LogP contribution in [0.25, 0.3) is 21.9 Å². The summed E-state index contributed by atoms with van der Waals surface area (Å²) in [6, 6.07) is 31.0. The Balaban J connectivity index is 1.18. The zero-order valence-corrected chi connectivity index (χ0v) is 30.4. The summed E-state index contributed by atoms with van der Waals surface area (Å²) in [5.41, 5.74) is 4.39. The van der Waals surface area contributed by atoms with Gasteiger partial charge in [-0.3, -0.25) is 14.6 Å². The molecule has 2 aromatic heterocycles. The maximum Gasteiger partial charge on any atom is 0.259 e. The van der Waals surface area contributed by atoms with E-state index in [-0.39, 0.29) is 35.8 Å². The van der Waals surface area contributed by atoms with Crippen LogP contribution in [-0.4, -0.2) is 41.0 Å². The average Bonchev–Trinajstić information content (AvgIpc) is 3.19. The second kappa shape index (κ2) is 16.1. The first kappa shape index (κ1) is 36.0. The number of pyridine rings is 1. The Morgan fingerprint density at radius 3 is 1.56 bits per heavy atom. The smallest absolute Gasteiger partial charge is 0.259 e. The highest BCUT2D eigenvalue weighted by Crippen LogP contribution is 2.29. The summed E-state index contributed by atoms with van der Waals surface area (Å²) < 4.78 is 23.0. The summed E-state index contributed by atoms with van der Waals surface area (Å²) >= 11 is 12.6. The highest BCUT2D eigenvalue weighted by atomic mass is 35.5. The Morgan fingerprint density at radius 2 is 1.07 bits per heavy atom. The molecule has 7 aromatic rings. The zero-order valence-electron chi connectivity index (χ0n) is 28.9. The van der Waals surface area contributed by atoms with Crippen LogP contribution in [0.5, 0.6) is 23.0 Å². The number of carbonyl (C=O) groups is 2. The van der Waals surface area contributed by atoms with Crippen molar-refractivity contribution in [1.29, 1.82) is 0 Å². The summed E-state index contributed by atoms with van der Waals surface area (Å²) in [6.45, 7) is -0.166. The Labute approximate surface area is 319 Å². The SMILES string of the molecule is COc1ccc(NC(=O)c2cc(Cl)ccc2OCc2nc3cc4cccnc4cc3nc2COc2ccc(Cl)cc2C(=O)Nc2ccc(OC)cc2)cc1. The Hall–Kier alpha value is -6.43. The lowest BCUT2D eigenvalue weighted by molar-refractivity contribution is 0.101. The summed E-state index contributed by atoms with van der Waals surface area (Å²) in [5.74, 6) is 1.01. The summed E-state index contributed by atoms with van der Waals surface area (Å²) in [5, 5.41) is 7.34. The van der Waals surface area contributed by atoms with Crippen LogP contribution in [-0.2, 0) is 13.2 Å². The van der Waals surface area contributed by atoms with Gasteiger partial charge in [0.25, 0.3) is 11.8 Å². The third-order valence-corrected chi connectivity index (χ3v) is 8.81. The lowest BCUT2D eigenvalue weighted by atomic mass is 10.1. The van der Waals surface area contributed by atoms with Gasteiger partial charge in [-0.1, -0.05) is 29.3 Å². The minimum atomic E-state index is -0.424. The molecular formula is C41H31Cl2N5O6. The highest BCUT2D eigenvalue weighted by molar-refractivity contribution is 6.31. The summed E-state index contributed by atoms with van der Waals surface area (Å²) in [7, 11) is 3.14. The van der Waals surface area contributed by atoms with Crippen LogP contribution in [0.3, 0.4) is 0 Å². The van der Waals surface area contributed by atoms with Crippen molar-refractivity contribution in [2.24, 2.45) is 0 Å². The van der Waals surface area contributed by atoms with Gasteiger partial charge in [0.15, 0.2) is 0 Å². The third kappa shape index (κ3) is 8.28. The van der Waals surface area contributed by atoms with Gasteiger partial charge in [0.2, 0.25) is 0 Å². The van der Waals surface area contributed by atoms with Gasteiger partial charge in [0.05, 0.1) is 41.9 Å². The second-order valence-corrected chi connectivity index (χ2v) is 12.8. The van der Waals surface area contributed by atoms with Gasteiger partial charge >= 0.3 is 0 Å². The van der Waals surface area contributed by atoms with Crippen molar-refractivity contribution in [3.8, 4) is 23.0 Å². The van der Waals surface area contributed by atoms with Gasteiger partial charge in [0.1, 0.15) is 47.6 Å². The second-order valence-electron chi connectivity index (χ2n) is 11.9. The maximum atomic E-state index is 13.5. The largest absolute Gasteiger partial charge is 0.497 e. The fourth-order valence-electron chi connectivity index (χ4n) is 5.58. The zero-order chi connectivity index (χ0) is 37.6. The topological polar surface area (TPSA) is 134 Å². The van der Waals surface area contributed by atoms with Crippen LogP contribution in [0.15, 0.2) is 115 Å². The van der Waals surface area contributed by atoms with E-state index < -0.39 is 11.8 Å². The molecule has 0 bridgehead atoms. The molecule has 2 amide bonds. The molecule has 0 spiro atoms. The van der Waals surface area contributed by atoms with E-state index in [9.17, 15) is 9.59 Å². The number of carbonyl (C=O) groups excluding carboxylic acids is 2. The number of benzene rings is 5. The number of nitrogens with zero attached hydrogens (tertiary/aromatic N) is 3. The quantitative estimate of drug-likeness (QED) is 0.117. The monoisotopic (exact) mass is 759 g/mol. The molecule has 0 aliphatic heterocycles. The van der Waals surface area contributed by atoms with Crippen molar-refractivity contribution in [2.45, 2.75) is 13.2 Å². The Morgan fingerprint density at radius 1 is 0.593 bits per heavy atom. The molecule has 270 valence electrons. The number of hydrogen-bond donors (Lipinski definition) is 2. The van der Waals surface area contributed by atoms with Crippen molar-refractivity contribution >= 4 is 68.3 Å². The molecule has 0 fully saturated rings. The average molecular weight is 761 g/mol.